The molecule has 1 aliphatic rings. The normalized spacial score (nSPS) is 13.9. The number of nitrogens with zero attached hydrogens (tertiary/aromatic N) is 2. The van der Waals surface area contributed by atoms with Gasteiger partial charge in [0.15, 0.2) is 0 Å². The molecule has 122 valence electrons. The highest BCUT2D eigenvalue weighted by molar-refractivity contribution is 5.89. The molecule has 0 saturated heterocycles. The average molecular weight is 324 g/mol. The lowest BCUT2D eigenvalue weighted by Crippen LogP contribution is -2.17. The third-order valence-corrected chi connectivity index (χ3v) is 5.41. The van der Waals surface area contributed by atoms with Gasteiger partial charge in [0.2, 0.25) is 0 Å². The number of benzene rings is 2. The molecule has 0 N–H and O–H groups in total. The molecule has 0 aliphatic heterocycles. The van der Waals surface area contributed by atoms with Crippen molar-refractivity contribution in [3.05, 3.63) is 76.5 Å². The standard InChI is InChI=1S/C23H20N2/c1-14-8-9-17-18-11-15(2)16(13-24)12-19(18)23(3,4)22(17)21(14)20-7-5-6-10-25-20/h5-12H,1-4H3. The monoisotopic (exact) mass is 324 g/mol. The van der Waals surface area contributed by atoms with E-state index in [1.807, 2.05) is 25.3 Å². The molecular formula is C23H20N2. The summed E-state index contributed by atoms with van der Waals surface area (Å²) < 4.78 is 0. The zero-order valence-electron chi connectivity index (χ0n) is 15.0. The van der Waals surface area contributed by atoms with Crippen LogP contribution in [-0.2, 0) is 5.41 Å². The first-order valence-electron chi connectivity index (χ1n) is 8.56. The number of fused-ring (bicyclic) bond motifs is 3. The molecule has 0 radical (unpaired) electrons. The fourth-order valence-corrected chi connectivity index (χ4v) is 4.12. The summed E-state index contributed by atoms with van der Waals surface area (Å²) in [6, 6.07) is 17.0. The van der Waals surface area contributed by atoms with Gasteiger partial charge in [-0.3, -0.25) is 4.98 Å². The quantitative estimate of drug-likeness (QED) is 0.589. The molecule has 2 heteroatoms. The van der Waals surface area contributed by atoms with E-state index in [1.54, 1.807) is 0 Å². The first kappa shape index (κ1) is 15.6. The van der Waals surface area contributed by atoms with Gasteiger partial charge in [0, 0.05) is 17.2 Å². The second-order valence-electron chi connectivity index (χ2n) is 7.34. The summed E-state index contributed by atoms with van der Waals surface area (Å²) in [5, 5.41) is 9.45. The summed E-state index contributed by atoms with van der Waals surface area (Å²) in [6.45, 7) is 8.66. The first-order valence-corrected chi connectivity index (χ1v) is 8.56. The largest absolute Gasteiger partial charge is 0.256 e. The number of aryl methyl sites for hydroxylation is 2. The van der Waals surface area contributed by atoms with E-state index in [0.717, 1.165) is 16.8 Å². The zero-order valence-corrected chi connectivity index (χ0v) is 15.0. The van der Waals surface area contributed by atoms with E-state index in [9.17, 15) is 5.26 Å². The minimum Gasteiger partial charge on any atom is -0.256 e. The van der Waals surface area contributed by atoms with Crippen molar-refractivity contribution in [2.24, 2.45) is 0 Å². The minimum absolute atomic E-state index is 0.164. The fraction of sp³-hybridized carbons (Fsp3) is 0.217. The summed E-state index contributed by atoms with van der Waals surface area (Å²) in [5.74, 6) is 0. The Labute approximate surface area is 148 Å². The van der Waals surface area contributed by atoms with Crippen molar-refractivity contribution in [1.29, 1.82) is 5.26 Å². The van der Waals surface area contributed by atoms with E-state index in [4.69, 9.17) is 0 Å². The molecule has 0 atom stereocenters. The molecular weight excluding hydrogens is 304 g/mol. The maximum absolute atomic E-state index is 9.45. The van der Waals surface area contributed by atoms with Crippen LogP contribution in [0.4, 0.5) is 0 Å². The second kappa shape index (κ2) is 5.29. The van der Waals surface area contributed by atoms with Crippen LogP contribution in [0, 0.1) is 25.2 Å². The lowest BCUT2D eigenvalue weighted by molar-refractivity contribution is 0.661. The van der Waals surface area contributed by atoms with Crippen LogP contribution in [0.5, 0.6) is 0 Å². The van der Waals surface area contributed by atoms with E-state index in [0.29, 0.717) is 0 Å². The maximum Gasteiger partial charge on any atom is 0.0994 e. The molecule has 1 heterocycles. The summed E-state index contributed by atoms with van der Waals surface area (Å²) in [6.07, 6.45) is 1.85. The highest BCUT2D eigenvalue weighted by Gasteiger charge is 2.38. The predicted octanol–water partition coefficient (Wildman–Crippen LogP) is 5.54. The lowest BCUT2D eigenvalue weighted by atomic mass is 9.78. The van der Waals surface area contributed by atoms with Crippen LogP contribution in [0.3, 0.4) is 0 Å². The van der Waals surface area contributed by atoms with Crippen LogP contribution in [0.2, 0.25) is 0 Å². The number of hydrogen-bond acceptors (Lipinski definition) is 2. The second-order valence-corrected chi connectivity index (χ2v) is 7.34. The van der Waals surface area contributed by atoms with Crippen LogP contribution in [0.15, 0.2) is 48.7 Å². The Balaban J connectivity index is 2.09. The zero-order chi connectivity index (χ0) is 17.8. The number of aromatic nitrogens is 1. The van der Waals surface area contributed by atoms with E-state index < -0.39 is 0 Å². The highest BCUT2D eigenvalue weighted by atomic mass is 14.7. The van der Waals surface area contributed by atoms with Gasteiger partial charge >= 0.3 is 0 Å². The summed E-state index contributed by atoms with van der Waals surface area (Å²) >= 11 is 0. The SMILES string of the molecule is Cc1cc2c(cc1C#N)C(C)(C)c1c-2ccc(C)c1-c1ccccn1. The third kappa shape index (κ3) is 2.13. The van der Waals surface area contributed by atoms with Crippen molar-refractivity contribution >= 4 is 0 Å². The van der Waals surface area contributed by atoms with Crippen molar-refractivity contribution in [3.8, 4) is 28.5 Å². The fourth-order valence-electron chi connectivity index (χ4n) is 4.12. The molecule has 2 aromatic carbocycles. The van der Waals surface area contributed by atoms with Gasteiger partial charge in [0.1, 0.15) is 0 Å². The molecule has 0 saturated carbocycles. The molecule has 0 unspecified atom stereocenters. The smallest absolute Gasteiger partial charge is 0.0994 e. The number of rotatable bonds is 1. The van der Waals surface area contributed by atoms with Gasteiger partial charge in [-0.25, -0.2) is 0 Å². The van der Waals surface area contributed by atoms with Crippen molar-refractivity contribution in [2.75, 3.05) is 0 Å². The van der Waals surface area contributed by atoms with Crippen LogP contribution in [0.1, 0.15) is 41.7 Å². The molecule has 0 spiro atoms. The van der Waals surface area contributed by atoms with Gasteiger partial charge < -0.3 is 0 Å². The van der Waals surface area contributed by atoms with Gasteiger partial charge in [-0.15, -0.1) is 0 Å². The van der Waals surface area contributed by atoms with E-state index in [2.05, 4.69) is 62.2 Å². The van der Waals surface area contributed by atoms with Crippen LogP contribution < -0.4 is 0 Å². The van der Waals surface area contributed by atoms with E-state index in [-0.39, 0.29) is 5.41 Å². The maximum atomic E-state index is 9.45. The Morgan fingerprint density at radius 1 is 0.960 bits per heavy atom. The lowest BCUT2D eigenvalue weighted by Gasteiger charge is -2.25. The van der Waals surface area contributed by atoms with Crippen molar-refractivity contribution in [1.82, 2.24) is 4.98 Å². The minimum atomic E-state index is -0.164. The molecule has 1 aliphatic carbocycles. The number of pyridine rings is 1. The Hall–Kier alpha value is -2.92. The highest BCUT2D eigenvalue weighted by Crippen LogP contribution is 2.53. The molecule has 0 fully saturated rings. The van der Waals surface area contributed by atoms with E-state index >= 15 is 0 Å². The third-order valence-electron chi connectivity index (χ3n) is 5.41. The average Bonchev–Trinajstić information content (AvgIpc) is 2.82. The Bertz CT molecular complexity index is 1040. The number of hydrogen-bond donors (Lipinski definition) is 0. The molecule has 2 nitrogen and oxygen atoms in total. The molecule has 25 heavy (non-hydrogen) atoms. The van der Waals surface area contributed by atoms with Gasteiger partial charge in [-0.05, 0) is 71.5 Å². The van der Waals surface area contributed by atoms with Crippen molar-refractivity contribution in [2.45, 2.75) is 33.1 Å². The Morgan fingerprint density at radius 2 is 1.76 bits per heavy atom. The van der Waals surface area contributed by atoms with Crippen LogP contribution in [-0.4, -0.2) is 4.98 Å². The van der Waals surface area contributed by atoms with Crippen molar-refractivity contribution in [3.63, 3.8) is 0 Å². The number of nitriles is 1. The topological polar surface area (TPSA) is 36.7 Å². The van der Waals surface area contributed by atoms with Gasteiger partial charge in [0.05, 0.1) is 17.3 Å². The first-order chi connectivity index (χ1) is 11.9. The van der Waals surface area contributed by atoms with Gasteiger partial charge in [-0.2, -0.15) is 5.26 Å². The summed E-state index contributed by atoms with van der Waals surface area (Å²) in [5.41, 5.74) is 10.1. The molecule has 3 aromatic rings. The molecule has 0 bridgehead atoms. The van der Waals surface area contributed by atoms with Gasteiger partial charge in [0.25, 0.3) is 0 Å². The summed E-state index contributed by atoms with van der Waals surface area (Å²) in [7, 11) is 0. The Morgan fingerprint density at radius 3 is 2.44 bits per heavy atom. The summed E-state index contributed by atoms with van der Waals surface area (Å²) in [4.78, 5) is 4.61. The van der Waals surface area contributed by atoms with Gasteiger partial charge in [-0.1, -0.05) is 32.0 Å². The molecule has 0 amide bonds. The van der Waals surface area contributed by atoms with Crippen LogP contribution in [0.25, 0.3) is 22.4 Å². The van der Waals surface area contributed by atoms with E-state index in [1.165, 1.54) is 33.4 Å². The Kier molecular flexibility index (Phi) is 3.30. The predicted molar refractivity (Wildman–Crippen MR) is 101 cm³/mol. The van der Waals surface area contributed by atoms with Crippen molar-refractivity contribution < 1.29 is 0 Å². The molecule has 1 aromatic heterocycles. The molecule has 4 rings (SSSR count). The van der Waals surface area contributed by atoms with Crippen LogP contribution >= 0.6 is 0 Å².